The molecule has 0 saturated carbocycles. The third-order valence-corrected chi connectivity index (χ3v) is 4.48. The minimum absolute atomic E-state index is 0.268. The van der Waals surface area contributed by atoms with Crippen LogP contribution in [0.4, 0.5) is 0 Å². The number of aliphatic hydroxyl groups is 1. The number of methoxy groups -OCH3 is 2. The summed E-state index contributed by atoms with van der Waals surface area (Å²) in [5.74, 6) is 1.42. The second-order valence-corrected chi connectivity index (χ2v) is 6.45. The molecule has 0 amide bonds. The van der Waals surface area contributed by atoms with Crippen molar-refractivity contribution >= 4 is 11.3 Å². The van der Waals surface area contributed by atoms with Gasteiger partial charge in [0.05, 0.1) is 26.0 Å². The fourth-order valence-corrected chi connectivity index (χ4v) is 3.05. The Bertz CT molecular complexity index is 628. The van der Waals surface area contributed by atoms with Gasteiger partial charge in [-0.1, -0.05) is 0 Å². The van der Waals surface area contributed by atoms with Crippen LogP contribution in [-0.4, -0.2) is 48.9 Å². The lowest BCUT2D eigenvalue weighted by molar-refractivity contribution is 0.162. The Labute approximate surface area is 141 Å². The minimum atomic E-state index is -0.268. The van der Waals surface area contributed by atoms with E-state index >= 15 is 0 Å². The van der Waals surface area contributed by atoms with Gasteiger partial charge in [-0.05, 0) is 38.6 Å². The molecular formula is C17H24N2O3S. The van der Waals surface area contributed by atoms with Crippen LogP contribution in [0.1, 0.15) is 19.0 Å². The van der Waals surface area contributed by atoms with Crippen LogP contribution in [0.25, 0.3) is 10.6 Å². The van der Waals surface area contributed by atoms with Crippen LogP contribution in [-0.2, 0) is 6.54 Å². The molecule has 1 unspecified atom stereocenters. The van der Waals surface area contributed by atoms with Gasteiger partial charge in [0.1, 0.15) is 5.01 Å². The van der Waals surface area contributed by atoms with Gasteiger partial charge in [-0.2, -0.15) is 0 Å². The second kappa shape index (κ2) is 8.29. The summed E-state index contributed by atoms with van der Waals surface area (Å²) in [6.07, 6.45) is 0.499. The van der Waals surface area contributed by atoms with Crippen LogP contribution >= 0.6 is 11.3 Å². The van der Waals surface area contributed by atoms with Crippen molar-refractivity contribution < 1.29 is 14.6 Å². The van der Waals surface area contributed by atoms with E-state index in [0.717, 1.165) is 35.8 Å². The largest absolute Gasteiger partial charge is 0.493 e. The van der Waals surface area contributed by atoms with Crippen molar-refractivity contribution in [2.24, 2.45) is 0 Å². The van der Waals surface area contributed by atoms with Gasteiger partial charge in [0.15, 0.2) is 11.5 Å². The first kappa shape index (κ1) is 17.7. The van der Waals surface area contributed by atoms with Crippen LogP contribution in [0.15, 0.2) is 23.6 Å². The number of rotatable bonds is 8. The van der Waals surface area contributed by atoms with Crippen molar-refractivity contribution in [3.05, 3.63) is 29.3 Å². The Morgan fingerprint density at radius 3 is 2.65 bits per heavy atom. The molecule has 23 heavy (non-hydrogen) atoms. The molecule has 0 aliphatic rings. The molecule has 5 nitrogen and oxygen atoms in total. The third-order valence-electron chi connectivity index (χ3n) is 3.54. The molecule has 0 aliphatic carbocycles. The SMILES string of the molecule is COc1ccc(-c2nc(CN(C)CCC(C)O)cs2)cc1OC. The van der Waals surface area contributed by atoms with Crippen molar-refractivity contribution in [3.8, 4) is 22.1 Å². The molecule has 0 saturated heterocycles. The van der Waals surface area contributed by atoms with Crippen LogP contribution in [0, 0.1) is 0 Å². The summed E-state index contributed by atoms with van der Waals surface area (Å²) >= 11 is 1.62. The number of ether oxygens (including phenoxy) is 2. The lowest BCUT2D eigenvalue weighted by Gasteiger charge is -2.15. The maximum atomic E-state index is 9.35. The molecule has 0 bridgehead atoms. The Kier molecular flexibility index (Phi) is 6.38. The van der Waals surface area contributed by atoms with Crippen LogP contribution in [0.2, 0.25) is 0 Å². The van der Waals surface area contributed by atoms with Gasteiger partial charge in [0, 0.05) is 24.0 Å². The molecule has 1 aromatic carbocycles. The number of benzene rings is 1. The molecular weight excluding hydrogens is 312 g/mol. The summed E-state index contributed by atoms with van der Waals surface area (Å²) in [5.41, 5.74) is 2.05. The number of nitrogens with zero attached hydrogens (tertiary/aromatic N) is 2. The van der Waals surface area contributed by atoms with E-state index in [9.17, 15) is 5.11 Å². The van der Waals surface area contributed by atoms with Crippen molar-refractivity contribution in [2.45, 2.75) is 26.0 Å². The van der Waals surface area contributed by atoms with Gasteiger partial charge in [-0.3, -0.25) is 0 Å². The van der Waals surface area contributed by atoms with E-state index in [0.29, 0.717) is 11.5 Å². The molecule has 2 rings (SSSR count). The first-order valence-corrected chi connectivity index (χ1v) is 8.45. The standard InChI is InChI=1S/C17H24N2O3S/c1-12(20)7-8-19(2)10-14-11-23-17(18-14)13-5-6-15(21-3)16(9-13)22-4/h5-6,9,11-12,20H,7-8,10H2,1-4H3. The first-order chi connectivity index (χ1) is 11.0. The zero-order chi connectivity index (χ0) is 16.8. The highest BCUT2D eigenvalue weighted by molar-refractivity contribution is 7.13. The Morgan fingerprint density at radius 2 is 2.00 bits per heavy atom. The van der Waals surface area contributed by atoms with E-state index < -0.39 is 0 Å². The highest BCUT2D eigenvalue weighted by Crippen LogP contribution is 2.33. The van der Waals surface area contributed by atoms with Crippen molar-refractivity contribution in [1.29, 1.82) is 0 Å². The number of hydrogen-bond acceptors (Lipinski definition) is 6. The van der Waals surface area contributed by atoms with Gasteiger partial charge in [0.2, 0.25) is 0 Å². The van der Waals surface area contributed by atoms with Gasteiger partial charge in [0.25, 0.3) is 0 Å². The highest BCUT2D eigenvalue weighted by Gasteiger charge is 2.11. The molecule has 0 spiro atoms. The van der Waals surface area contributed by atoms with Gasteiger partial charge in [-0.15, -0.1) is 11.3 Å². The number of aliphatic hydroxyl groups excluding tert-OH is 1. The Balaban J connectivity index is 2.07. The average Bonchev–Trinajstić information content (AvgIpc) is 3.00. The predicted molar refractivity (Wildman–Crippen MR) is 93.3 cm³/mol. The van der Waals surface area contributed by atoms with E-state index in [1.165, 1.54) is 0 Å². The molecule has 1 N–H and O–H groups in total. The maximum Gasteiger partial charge on any atom is 0.161 e. The summed E-state index contributed by atoms with van der Waals surface area (Å²) in [6, 6.07) is 5.82. The number of thiazole rings is 1. The lowest BCUT2D eigenvalue weighted by atomic mass is 10.2. The number of hydrogen-bond donors (Lipinski definition) is 1. The molecule has 126 valence electrons. The van der Waals surface area contributed by atoms with E-state index in [1.807, 2.05) is 32.2 Å². The molecule has 0 radical (unpaired) electrons. The zero-order valence-corrected chi connectivity index (χ0v) is 14.9. The Morgan fingerprint density at radius 1 is 1.26 bits per heavy atom. The third kappa shape index (κ3) is 4.92. The predicted octanol–water partition coefficient (Wildman–Crippen LogP) is 3.03. The second-order valence-electron chi connectivity index (χ2n) is 5.59. The van der Waals surface area contributed by atoms with E-state index in [4.69, 9.17) is 14.5 Å². The lowest BCUT2D eigenvalue weighted by Crippen LogP contribution is -2.22. The summed E-state index contributed by atoms with van der Waals surface area (Å²) in [6.45, 7) is 3.43. The summed E-state index contributed by atoms with van der Waals surface area (Å²) in [4.78, 5) is 6.86. The fourth-order valence-electron chi connectivity index (χ4n) is 2.24. The van der Waals surface area contributed by atoms with E-state index in [2.05, 4.69) is 10.3 Å². The summed E-state index contributed by atoms with van der Waals surface area (Å²) in [5, 5.41) is 12.4. The molecule has 6 heteroatoms. The summed E-state index contributed by atoms with van der Waals surface area (Å²) < 4.78 is 10.6. The number of aromatic nitrogens is 1. The highest BCUT2D eigenvalue weighted by atomic mass is 32.1. The molecule has 2 aromatic rings. The molecule has 1 atom stereocenters. The van der Waals surface area contributed by atoms with Crippen LogP contribution in [0.3, 0.4) is 0 Å². The smallest absolute Gasteiger partial charge is 0.161 e. The molecule has 0 fully saturated rings. The fraction of sp³-hybridized carbons (Fsp3) is 0.471. The van der Waals surface area contributed by atoms with Crippen LogP contribution < -0.4 is 9.47 Å². The van der Waals surface area contributed by atoms with Gasteiger partial charge >= 0.3 is 0 Å². The van der Waals surface area contributed by atoms with Crippen molar-refractivity contribution in [3.63, 3.8) is 0 Å². The van der Waals surface area contributed by atoms with E-state index in [1.54, 1.807) is 25.6 Å². The van der Waals surface area contributed by atoms with Crippen LogP contribution in [0.5, 0.6) is 11.5 Å². The molecule has 0 aliphatic heterocycles. The van der Waals surface area contributed by atoms with Gasteiger partial charge in [-0.25, -0.2) is 4.98 Å². The Hall–Kier alpha value is -1.63. The summed E-state index contributed by atoms with van der Waals surface area (Å²) in [7, 11) is 5.30. The van der Waals surface area contributed by atoms with Gasteiger partial charge < -0.3 is 19.5 Å². The van der Waals surface area contributed by atoms with Crippen molar-refractivity contribution in [1.82, 2.24) is 9.88 Å². The average molecular weight is 336 g/mol. The van der Waals surface area contributed by atoms with Crippen molar-refractivity contribution in [2.75, 3.05) is 27.8 Å². The van der Waals surface area contributed by atoms with E-state index in [-0.39, 0.29) is 6.10 Å². The monoisotopic (exact) mass is 336 g/mol. The normalized spacial score (nSPS) is 12.4. The zero-order valence-electron chi connectivity index (χ0n) is 14.1. The molecule has 1 heterocycles. The first-order valence-electron chi connectivity index (χ1n) is 7.57. The molecule has 1 aromatic heterocycles. The topological polar surface area (TPSA) is 54.8 Å². The quantitative estimate of drug-likeness (QED) is 0.803. The minimum Gasteiger partial charge on any atom is -0.493 e. The maximum absolute atomic E-state index is 9.35.